The first-order valence-corrected chi connectivity index (χ1v) is 11.3. The lowest BCUT2D eigenvalue weighted by atomic mass is 9.94. The quantitative estimate of drug-likeness (QED) is 0.733. The molecule has 1 aliphatic rings. The lowest BCUT2D eigenvalue weighted by Gasteiger charge is -2.29. The standard InChI is InChI=1S/C19H25F3N4O3S/c1-4-26-13(3)18(12(2)24-26)30(27,28)25-15-6-8-16(9-7-15)29-17-10-5-14(11-23-17)19(20,21)22/h5,10-11,15-16,25H,4,6-9H2,1-3H3. The van der Waals surface area contributed by atoms with Gasteiger partial charge in [0.05, 0.1) is 17.0 Å². The van der Waals surface area contributed by atoms with Crippen molar-refractivity contribution >= 4 is 10.0 Å². The highest BCUT2D eigenvalue weighted by Crippen LogP contribution is 2.30. The molecule has 1 N–H and O–H groups in total. The second kappa shape index (κ2) is 8.54. The van der Waals surface area contributed by atoms with Crippen LogP contribution < -0.4 is 9.46 Å². The number of ether oxygens (including phenoxy) is 1. The van der Waals surface area contributed by atoms with Gasteiger partial charge in [-0.2, -0.15) is 18.3 Å². The van der Waals surface area contributed by atoms with Crippen LogP contribution >= 0.6 is 0 Å². The van der Waals surface area contributed by atoms with Crippen LogP contribution in [0.4, 0.5) is 13.2 Å². The van der Waals surface area contributed by atoms with Gasteiger partial charge in [0.15, 0.2) is 0 Å². The highest BCUT2D eigenvalue weighted by molar-refractivity contribution is 7.89. The Balaban J connectivity index is 1.57. The van der Waals surface area contributed by atoms with E-state index < -0.39 is 21.8 Å². The molecule has 2 aromatic rings. The van der Waals surface area contributed by atoms with Gasteiger partial charge in [0.2, 0.25) is 15.9 Å². The van der Waals surface area contributed by atoms with Crippen molar-refractivity contribution < 1.29 is 26.3 Å². The van der Waals surface area contributed by atoms with Gasteiger partial charge in [-0.25, -0.2) is 18.1 Å². The van der Waals surface area contributed by atoms with E-state index in [2.05, 4.69) is 14.8 Å². The second-order valence-corrected chi connectivity index (χ2v) is 9.06. The summed E-state index contributed by atoms with van der Waals surface area (Å²) in [6.07, 6.45) is -1.65. The van der Waals surface area contributed by atoms with Crippen molar-refractivity contribution in [2.45, 2.75) is 76.2 Å². The Hall–Kier alpha value is -2.14. The van der Waals surface area contributed by atoms with E-state index in [4.69, 9.17) is 4.74 Å². The minimum absolute atomic E-state index is 0.130. The topological polar surface area (TPSA) is 86.1 Å². The van der Waals surface area contributed by atoms with E-state index in [0.717, 1.165) is 12.3 Å². The van der Waals surface area contributed by atoms with Crippen LogP contribution in [0.15, 0.2) is 23.2 Å². The molecule has 7 nitrogen and oxygen atoms in total. The van der Waals surface area contributed by atoms with E-state index in [0.29, 0.717) is 43.6 Å². The number of hydrogen-bond acceptors (Lipinski definition) is 5. The first-order valence-electron chi connectivity index (χ1n) is 9.77. The number of sulfonamides is 1. The Kier molecular flexibility index (Phi) is 6.42. The van der Waals surface area contributed by atoms with Crippen LogP contribution in [-0.4, -0.2) is 35.3 Å². The molecule has 0 amide bonds. The fourth-order valence-corrected chi connectivity index (χ4v) is 5.46. The number of halogens is 3. The summed E-state index contributed by atoms with van der Waals surface area (Å²) in [5.74, 6) is 0.130. The van der Waals surface area contributed by atoms with Crippen LogP contribution in [0.3, 0.4) is 0 Å². The minimum atomic E-state index is -4.44. The lowest BCUT2D eigenvalue weighted by molar-refractivity contribution is -0.137. The average molecular weight is 446 g/mol. The summed E-state index contributed by atoms with van der Waals surface area (Å²) in [5.41, 5.74) is 0.241. The molecule has 0 atom stereocenters. The molecule has 3 rings (SSSR count). The Morgan fingerprint density at radius 1 is 1.20 bits per heavy atom. The SMILES string of the molecule is CCn1nc(C)c(S(=O)(=O)NC2CCC(Oc3ccc(C(F)(F)F)cn3)CC2)c1C. The van der Waals surface area contributed by atoms with E-state index in [-0.39, 0.29) is 22.9 Å². The number of pyridine rings is 1. The molecule has 11 heteroatoms. The van der Waals surface area contributed by atoms with Crippen molar-refractivity contribution in [1.82, 2.24) is 19.5 Å². The first-order chi connectivity index (χ1) is 14.0. The second-order valence-electron chi connectivity index (χ2n) is 7.41. The molecule has 0 unspecified atom stereocenters. The number of aromatic nitrogens is 3. The van der Waals surface area contributed by atoms with Crippen LogP contribution in [0.1, 0.15) is 49.6 Å². The third kappa shape index (κ3) is 4.94. The molecule has 166 valence electrons. The highest BCUT2D eigenvalue weighted by atomic mass is 32.2. The van der Waals surface area contributed by atoms with Crippen molar-refractivity contribution in [3.63, 3.8) is 0 Å². The maximum absolute atomic E-state index is 12.9. The molecule has 1 aliphatic carbocycles. The Morgan fingerprint density at radius 3 is 2.37 bits per heavy atom. The molecule has 2 heterocycles. The summed E-state index contributed by atoms with van der Waals surface area (Å²) >= 11 is 0. The van der Waals surface area contributed by atoms with E-state index in [1.165, 1.54) is 6.07 Å². The summed E-state index contributed by atoms with van der Waals surface area (Å²) in [5, 5.41) is 4.27. The number of hydrogen-bond donors (Lipinski definition) is 1. The van der Waals surface area contributed by atoms with Gasteiger partial charge >= 0.3 is 6.18 Å². The number of alkyl halides is 3. The fraction of sp³-hybridized carbons (Fsp3) is 0.579. The first kappa shape index (κ1) is 22.5. The van der Waals surface area contributed by atoms with Crippen molar-refractivity contribution in [3.8, 4) is 5.88 Å². The van der Waals surface area contributed by atoms with Gasteiger partial charge in [-0.15, -0.1) is 0 Å². The number of nitrogens with zero attached hydrogens (tertiary/aromatic N) is 3. The summed E-state index contributed by atoms with van der Waals surface area (Å²) < 4.78 is 73.6. The third-order valence-corrected chi connectivity index (χ3v) is 7.00. The molecule has 2 aromatic heterocycles. The molecule has 0 aliphatic heterocycles. The van der Waals surface area contributed by atoms with Gasteiger partial charge in [0.25, 0.3) is 0 Å². The van der Waals surface area contributed by atoms with Crippen molar-refractivity contribution in [1.29, 1.82) is 0 Å². The van der Waals surface area contributed by atoms with Crippen LogP contribution in [0.2, 0.25) is 0 Å². The zero-order valence-corrected chi connectivity index (χ0v) is 17.8. The predicted molar refractivity (Wildman–Crippen MR) is 104 cm³/mol. The summed E-state index contributed by atoms with van der Waals surface area (Å²) in [4.78, 5) is 3.94. The van der Waals surface area contributed by atoms with Gasteiger partial charge < -0.3 is 4.74 Å². The van der Waals surface area contributed by atoms with Crippen molar-refractivity contribution in [3.05, 3.63) is 35.3 Å². The van der Waals surface area contributed by atoms with Crippen LogP contribution in [-0.2, 0) is 22.7 Å². The molecule has 0 aromatic carbocycles. The summed E-state index contributed by atoms with van der Waals surface area (Å²) in [6.45, 7) is 5.90. The van der Waals surface area contributed by atoms with Crippen LogP contribution in [0, 0.1) is 13.8 Å². The molecule has 0 saturated heterocycles. The smallest absolute Gasteiger partial charge is 0.417 e. The fourth-order valence-electron chi connectivity index (χ4n) is 3.74. The lowest BCUT2D eigenvalue weighted by Crippen LogP contribution is -2.40. The highest BCUT2D eigenvalue weighted by Gasteiger charge is 2.32. The third-order valence-electron chi connectivity index (χ3n) is 5.23. The maximum atomic E-state index is 12.9. The minimum Gasteiger partial charge on any atom is -0.474 e. The Bertz CT molecular complexity index is 980. The van der Waals surface area contributed by atoms with E-state index in [1.54, 1.807) is 18.5 Å². The van der Waals surface area contributed by atoms with Crippen LogP contribution in [0.25, 0.3) is 0 Å². The molecule has 0 spiro atoms. The van der Waals surface area contributed by atoms with Crippen LogP contribution in [0.5, 0.6) is 5.88 Å². The van der Waals surface area contributed by atoms with Crippen molar-refractivity contribution in [2.75, 3.05) is 0 Å². The Morgan fingerprint density at radius 2 is 1.87 bits per heavy atom. The number of nitrogens with one attached hydrogen (secondary N) is 1. The average Bonchev–Trinajstić information content (AvgIpc) is 2.97. The van der Waals surface area contributed by atoms with Crippen molar-refractivity contribution in [2.24, 2.45) is 0 Å². The van der Waals surface area contributed by atoms with Gasteiger partial charge in [-0.05, 0) is 52.5 Å². The van der Waals surface area contributed by atoms with Gasteiger partial charge in [-0.1, -0.05) is 0 Å². The number of aryl methyl sites for hydroxylation is 2. The van der Waals surface area contributed by atoms with E-state index in [1.807, 2.05) is 6.92 Å². The van der Waals surface area contributed by atoms with Gasteiger partial charge in [-0.3, -0.25) is 4.68 Å². The van der Waals surface area contributed by atoms with E-state index in [9.17, 15) is 21.6 Å². The summed E-state index contributed by atoms with van der Waals surface area (Å²) in [7, 11) is -3.70. The molecule has 30 heavy (non-hydrogen) atoms. The Labute approximate surface area is 173 Å². The van der Waals surface area contributed by atoms with E-state index >= 15 is 0 Å². The zero-order valence-electron chi connectivity index (χ0n) is 17.0. The monoisotopic (exact) mass is 446 g/mol. The molecular formula is C19H25F3N4O3S. The maximum Gasteiger partial charge on any atom is 0.417 e. The number of rotatable bonds is 6. The van der Waals surface area contributed by atoms with Gasteiger partial charge in [0.1, 0.15) is 11.0 Å². The molecular weight excluding hydrogens is 421 g/mol. The molecule has 1 saturated carbocycles. The zero-order chi connectivity index (χ0) is 22.1. The summed E-state index contributed by atoms with van der Waals surface area (Å²) in [6, 6.07) is 1.90. The molecule has 0 bridgehead atoms. The largest absolute Gasteiger partial charge is 0.474 e. The predicted octanol–water partition coefficient (Wildman–Crippen LogP) is 3.60. The normalized spacial score (nSPS) is 20.3. The van der Waals surface area contributed by atoms with Gasteiger partial charge in [0, 0.05) is 24.8 Å². The molecule has 1 fully saturated rings. The molecule has 0 radical (unpaired) electrons.